The van der Waals surface area contributed by atoms with Crippen molar-refractivity contribution < 1.29 is 14.1 Å². The summed E-state index contributed by atoms with van der Waals surface area (Å²) in [7, 11) is 0. The van der Waals surface area contributed by atoms with Gasteiger partial charge < -0.3 is 14.2 Å². The molecule has 1 aliphatic rings. The van der Waals surface area contributed by atoms with E-state index in [-0.39, 0.29) is 5.91 Å². The molecule has 0 bridgehead atoms. The van der Waals surface area contributed by atoms with Gasteiger partial charge in [-0.2, -0.15) is 4.68 Å². The predicted octanol–water partition coefficient (Wildman–Crippen LogP) is 1.93. The van der Waals surface area contributed by atoms with Crippen molar-refractivity contribution in [3.63, 3.8) is 0 Å². The van der Waals surface area contributed by atoms with E-state index in [4.69, 9.17) is 16.6 Å². The topological polar surface area (TPSA) is 55.7 Å². The smallest absolute Gasteiger partial charge is 0.292 e. The molecule has 134 valence electrons. The number of quaternary nitrogens is 1. The van der Waals surface area contributed by atoms with E-state index in [0.29, 0.717) is 17.4 Å². The van der Waals surface area contributed by atoms with Crippen LogP contribution in [0.1, 0.15) is 9.67 Å². The maximum Gasteiger partial charge on any atom is 0.292 e. The summed E-state index contributed by atoms with van der Waals surface area (Å²) in [5, 5.41) is 6.45. The molecule has 0 atom stereocenters. The highest BCUT2D eigenvalue weighted by atomic mass is 32.1. The number of aromatic nitrogens is 2. The number of hydrogen-bond acceptors (Lipinski definition) is 5. The fourth-order valence-electron chi connectivity index (χ4n) is 3.06. The second kappa shape index (κ2) is 7.53. The first kappa shape index (κ1) is 17.1. The van der Waals surface area contributed by atoms with Gasteiger partial charge >= 0.3 is 0 Å². The van der Waals surface area contributed by atoms with Crippen LogP contribution in [0.25, 0.3) is 11.5 Å². The van der Waals surface area contributed by atoms with E-state index in [2.05, 4.69) is 5.10 Å². The normalized spacial score (nSPS) is 15.3. The first-order valence-corrected chi connectivity index (χ1v) is 9.79. The molecule has 0 saturated carbocycles. The largest absolute Gasteiger partial charge is 0.409 e. The van der Waals surface area contributed by atoms with E-state index in [9.17, 15) is 4.79 Å². The number of piperazine rings is 1. The zero-order chi connectivity index (χ0) is 17.9. The van der Waals surface area contributed by atoms with Gasteiger partial charge in [-0.25, -0.2) is 0 Å². The third-order valence-corrected chi connectivity index (χ3v) is 5.64. The first-order valence-electron chi connectivity index (χ1n) is 8.50. The Kier molecular flexibility index (Phi) is 4.96. The molecule has 0 radical (unpaired) electrons. The zero-order valence-electron chi connectivity index (χ0n) is 14.1. The maximum atomic E-state index is 12.4. The lowest BCUT2D eigenvalue weighted by atomic mass is 10.2. The van der Waals surface area contributed by atoms with E-state index in [1.54, 1.807) is 4.68 Å². The molecule has 1 N–H and O–H groups in total. The van der Waals surface area contributed by atoms with Crippen LogP contribution in [0.2, 0.25) is 0 Å². The van der Waals surface area contributed by atoms with Crippen molar-refractivity contribution >= 4 is 29.5 Å². The molecule has 0 aliphatic carbocycles. The highest BCUT2D eigenvalue weighted by molar-refractivity contribution is 7.71. The molecule has 8 heteroatoms. The number of nitrogens with one attached hydrogen (secondary N) is 1. The van der Waals surface area contributed by atoms with Crippen LogP contribution in [0.5, 0.6) is 0 Å². The maximum absolute atomic E-state index is 12.4. The summed E-state index contributed by atoms with van der Waals surface area (Å²) in [6, 6.07) is 13.5. The quantitative estimate of drug-likeness (QED) is 0.695. The van der Waals surface area contributed by atoms with Crippen molar-refractivity contribution in [1.29, 1.82) is 0 Å². The second-order valence-corrected chi connectivity index (χ2v) is 7.51. The fourth-order valence-corrected chi connectivity index (χ4v) is 3.93. The van der Waals surface area contributed by atoms with Crippen molar-refractivity contribution in [2.45, 2.75) is 6.67 Å². The molecule has 0 spiro atoms. The van der Waals surface area contributed by atoms with Crippen molar-refractivity contribution in [3.05, 3.63) is 57.6 Å². The summed E-state index contributed by atoms with van der Waals surface area (Å²) in [5.74, 6) is 0.671. The van der Waals surface area contributed by atoms with Crippen LogP contribution in [0.3, 0.4) is 0 Å². The molecule has 1 aromatic carbocycles. The Morgan fingerprint density at radius 1 is 1.19 bits per heavy atom. The van der Waals surface area contributed by atoms with Crippen LogP contribution >= 0.6 is 23.6 Å². The molecule has 3 heterocycles. The van der Waals surface area contributed by atoms with Crippen LogP contribution in [0.15, 0.2) is 52.3 Å². The number of hydrogen-bond donors (Lipinski definition) is 1. The number of amides is 1. The summed E-state index contributed by atoms with van der Waals surface area (Å²) in [4.78, 5) is 16.9. The lowest BCUT2D eigenvalue weighted by molar-refractivity contribution is -0.927. The summed E-state index contributed by atoms with van der Waals surface area (Å²) in [5.41, 5.74) is 0.915. The van der Waals surface area contributed by atoms with Crippen LogP contribution in [-0.4, -0.2) is 46.8 Å². The molecule has 0 unspecified atom stereocenters. The Hall–Kier alpha value is -2.29. The minimum absolute atomic E-state index is 0.128. The number of benzene rings is 1. The zero-order valence-corrected chi connectivity index (χ0v) is 15.8. The summed E-state index contributed by atoms with van der Waals surface area (Å²) < 4.78 is 7.38. The Morgan fingerprint density at radius 3 is 2.65 bits per heavy atom. The molecule has 4 rings (SSSR count). The van der Waals surface area contributed by atoms with E-state index in [0.717, 1.165) is 36.6 Å². The van der Waals surface area contributed by atoms with Crippen molar-refractivity contribution in [2.24, 2.45) is 0 Å². The summed E-state index contributed by atoms with van der Waals surface area (Å²) in [6.45, 7) is 3.86. The molecular weight excluding hydrogens is 368 g/mol. The van der Waals surface area contributed by atoms with E-state index in [1.165, 1.54) is 16.2 Å². The van der Waals surface area contributed by atoms with Gasteiger partial charge in [0.15, 0.2) is 6.67 Å². The van der Waals surface area contributed by atoms with Crippen LogP contribution in [-0.2, 0) is 6.67 Å². The van der Waals surface area contributed by atoms with Gasteiger partial charge in [0.25, 0.3) is 10.7 Å². The summed E-state index contributed by atoms with van der Waals surface area (Å²) in [6.07, 6.45) is 0. The average molecular weight is 388 g/mol. The molecule has 6 nitrogen and oxygen atoms in total. The number of carbonyl (C=O) groups is 1. The van der Waals surface area contributed by atoms with Gasteiger partial charge in [0, 0.05) is 5.56 Å². The van der Waals surface area contributed by atoms with Gasteiger partial charge in [-0.1, -0.05) is 24.3 Å². The minimum atomic E-state index is 0.128. The van der Waals surface area contributed by atoms with E-state index in [1.807, 2.05) is 52.7 Å². The average Bonchev–Trinajstić information content (AvgIpc) is 3.33. The highest BCUT2D eigenvalue weighted by Gasteiger charge is 2.25. The van der Waals surface area contributed by atoms with Gasteiger partial charge in [0.2, 0.25) is 5.89 Å². The third-order valence-electron chi connectivity index (χ3n) is 4.49. The molecule has 3 aromatic rings. The molecular formula is C18H19N4O2S2+. The second-order valence-electron chi connectivity index (χ2n) is 6.22. The number of nitrogens with zero attached hydrogens (tertiary/aromatic N) is 3. The van der Waals surface area contributed by atoms with Gasteiger partial charge in [-0.05, 0) is 35.8 Å². The SMILES string of the molecule is O=C(c1cccs1)N1CC[NH+](Cn2nc(-c3ccccc3)oc2=S)CC1. The van der Waals surface area contributed by atoms with Crippen molar-refractivity contribution in [1.82, 2.24) is 14.7 Å². The van der Waals surface area contributed by atoms with Crippen molar-refractivity contribution in [2.75, 3.05) is 26.2 Å². The Labute approximate surface area is 160 Å². The Morgan fingerprint density at radius 2 is 1.96 bits per heavy atom. The molecule has 1 saturated heterocycles. The minimum Gasteiger partial charge on any atom is -0.409 e. The molecule has 2 aromatic heterocycles. The fraction of sp³-hybridized carbons (Fsp3) is 0.278. The van der Waals surface area contributed by atoms with Gasteiger partial charge in [0.1, 0.15) is 0 Å². The van der Waals surface area contributed by atoms with E-state index >= 15 is 0 Å². The number of thiophene rings is 1. The Bertz CT molecular complexity index is 926. The lowest BCUT2D eigenvalue weighted by Gasteiger charge is -2.31. The molecule has 1 aliphatic heterocycles. The standard InChI is InChI=1S/C18H18N4O2S2/c23-17(15-7-4-12-26-15)21-10-8-20(9-11-21)13-22-18(25)24-16(19-22)14-5-2-1-3-6-14/h1-7,12H,8-11,13H2/p+1. The first-order chi connectivity index (χ1) is 12.7. The Balaban J connectivity index is 1.38. The van der Waals surface area contributed by atoms with Gasteiger partial charge in [0.05, 0.1) is 31.1 Å². The third kappa shape index (κ3) is 3.62. The highest BCUT2D eigenvalue weighted by Crippen LogP contribution is 2.16. The molecule has 26 heavy (non-hydrogen) atoms. The molecule has 1 amide bonds. The van der Waals surface area contributed by atoms with Crippen molar-refractivity contribution in [3.8, 4) is 11.5 Å². The van der Waals surface area contributed by atoms with E-state index < -0.39 is 0 Å². The van der Waals surface area contributed by atoms with Crippen LogP contribution < -0.4 is 4.90 Å². The molecule has 1 fully saturated rings. The monoisotopic (exact) mass is 387 g/mol. The van der Waals surface area contributed by atoms with Crippen LogP contribution in [0.4, 0.5) is 0 Å². The van der Waals surface area contributed by atoms with Gasteiger partial charge in [-0.15, -0.1) is 16.4 Å². The van der Waals surface area contributed by atoms with Gasteiger partial charge in [-0.3, -0.25) is 4.79 Å². The van der Waals surface area contributed by atoms with Crippen LogP contribution in [0, 0.1) is 4.84 Å². The summed E-state index contributed by atoms with van der Waals surface area (Å²) >= 11 is 6.81. The number of rotatable bonds is 4. The number of carbonyl (C=O) groups excluding carboxylic acids is 1. The lowest BCUT2D eigenvalue weighted by Crippen LogP contribution is -3.14. The predicted molar refractivity (Wildman–Crippen MR) is 102 cm³/mol.